The third-order valence-electron chi connectivity index (χ3n) is 4.52. The first-order chi connectivity index (χ1) is 14.9. The first-order valence-corrected chi connectivity index (χ1v) is 10.5. The lowest BCUT2D eigenvalue weighted by molar-refractivity contribution is -0.124. The summed E-state index contributed by atoms with van der Waals surface area (Å²) in [6, 6.07) is 12.9. The van der Waals surface area contributed by atoms with Crippen LogP contribution in [0.2, 0.25) is 0 Å². The van der Waals surface area contributed by atoms with E-state index in [1.165, 1.54) is 0 Å². The van der Waals surface area contributed by atoms with Crippen molar-refractivity contribution in [1.82, 2.24) is 15.5 Å². The molecule has 0 unspecified atom stereocenters. The topological polar surface area (TPSA) is 106 Å². The van der Waals surface area contributed by atoms with Crippen LogP contribution in [0, 0.1) is 6.92 Å². The maximum Gasteiger partial charge on any atom is 0.243 e. The molecule has 2 aromatic carbocycles. The molecule has 1 aromatic heterocycles. The van der Waals surface area contributed by atoms with Crippen LogP contribution in [0.1, 0.15) is 24.3 Å². The van der Waals surface area contributed by atoms with Crippen molar-refractivity contribution in [3.8, 4) is 17.1 Å². The Kier molecular flexibility index (Phi) is 7.77. The number of amides is 2. The predicted octanol–water partition coefficient (Wildman–Crippen LogP) is 3.89. The third kappa shape index (κ3) is 6.65. The number of hydrogen-bond acceptors (Lipinski definition) is 6. The van der Waals surface area contributed by atoms with E-state index in [4.69, 9.17) is 9.26 Å². The fourth-order valence-corrected chi connectivity index (χ4v) is 3.32. The number of carbonyl (C=O) groups excluding carboxylic acids is 2. The number of aryl methyl sites for hydroxylation is 2. The Labute approximate surface area is 188 Å². The van der Waals surface area contributed by atoms with E-state index in [-0.39, 0.29) is 24.8 Å². The lowest BCUT2D eigenvalue weighted by Crippen LogP contribution is -2.32. The van der Waals surface area contributed by atoms with Crippen LogP contribution in [0.4, 0.5) is 5.69 Å². The summed E-state index contributed by atoms with van der Waals surface area (Å²) in [7, 11) is 1.60. The summed E-state index contributed by atoms with van der Waals surface area (Å²) in [5, 5.41) is 9.38. The summed E-state index contributed by atoms with van der Waals surface area (Å²) >= 11 is 3.38. The Morgan fingerprint density at radius 1 is 1.13 bits per heavy atom. The van der Waals surface area contributed by atoms with Crippen molar-refractivity contribution in [2.45, 2.75) is 26.2 Å². The molecule has 1 heterocycles. The molecule has 0 spiro atoms. The number of halogens is 1. The van der Waals surface area contributed by atoms with Crippen LogP contribution >= 0.6 is 15.9 Å². The van der Waals surface area contributed by atoms with Crippen molar-refractivity contribution in [2.75, 3.05) is 19.0 Å². The zero-order chi connectivity index (χ0) is 22.2. The van der Waals surface area contributed by atoms with Gasteiger partial charge in [-0.2, -0.15) is 4.98 Å². The molecule has 162 valence electrons. The Hall–Kier alpha value is -3.20. The van der Waals surface area contributed by atoms with Crippen LogP contribution in [0.25, 0.3) is 11.4 Å². The van der Waals surface area contributed by atoms with Crippen molar-refractivity contribution >= 4 is 33.4 Å². The highest BCUT2D eigenvalue weighted by Gasteiger charge is 2.11. The van der Waals surface area contributed by atoms with E-state index in [1.807, 2.05) is 49.4 Å². The molecule has 0 saturated carbocycles. The molecule has 0 atom stereocenters. The van der Waals surface area contributed by atoms with Gasteiger partial charge in [-0.25, -0.2) is 0 Å². The SMILES string of the molecule is COc1ccc(-c2noc(CCCC(=O)NCC(=O)Nc3ccc(Br)cc3C)n2)cc1. The number of anilines is 1. The number of rotatable bonds is 9. The van der Waals surface area contributed by atoms with Gasteiger partial charge in [0.25, 0.3) is 0 Å². The number of nitrogens with zero attached hydrogens (tertiary/aromatic N) is 2. The lowest BCUT2D eigenvalue weighted by Gasteiger charge is -2.09. The highest BCUT2D eigenvalue weighted by molar-refractivity contribution is 9.10. The van der Waals surface area contributed by atoms with Crippen molar-refractivity contribution in [3.05, 3.63) is 58.4 Å². The first-order valence-electron chi connectivity index (χ1n) is 9.74. The number of ether oxygens (including phenoxy) is 1. The smallest absolute Gasteiger partial charge is 0.243 e. The van der Waals surface area contributed by atoms with Gasteiger partial charge in [-0.15, -0.1) is 0 Å². The second-order valence-electron chi connectivity index (χ2n) is 6.88. The quantitative estimate of drug-likeness (QED) is 0.475. The van der Waals surface area contributed by atoms with Crippen molar-refractivity contribution < 1.29 is 18.8 Å². The standard InChI is InChI=1S/C22H23BrN4O4/c1-14-12-16(23)8-11-18(14)25-20(29)13-24-19(28)4-3-5-21-26-22(27-31-21)15-6-9-17(30-2)10-7-15/h6-12H,3-5,13H2,1-2H3,(H,24,28)(H,25,29). The number of benzene rings is 2. The zero-order valence-corrected chi connectivity index (χ0v) is 18.9. The molecule has 2 amide bonds. The molecule has 2 N–H and O–H groups in total. The Balaban J connectivity index is 1.39. The number of aromatic nitrogens is 2. The molecular weight excluding hydrogens is 464 g/mol. The van der Waals surface area contributed by atoms with Gasteiger partial charge in [0.2, 0.25) is 23.5 Å². The van der Waals surface area contributed by atoms with E-state index in [9.17, 15) is 9.59 Å². The molecule has 3 rings (SSSR count). The van der Waals surface area contributed by atoms with Gasteiger partial charge >= 0.3 is 0 Å². The maximum atomic E-state index is 12.0. The number of nitrogens with one attached hydrogen (secondary N) is 2. The summed E-state index contributed by atoms with van der Waals surface area (Å²) < 4.78 is 11.3. The van der Waals surface area contributed by atoms with Gasteiger partial charge in [-0.1, -0.05) is 21.1 Å². The summed E-state index contributed by atoms with van der Waals surface area (Å²) in [5.41, 5.74) is 2.47. The highest BCUT2D eigenvalue weighted by atomic mass is 79.9. The van der Waals surface area contributed by atoms with E-state index >= 15 is 0 Å². The molecule has 0 bridgehead atoms. The zero-order valence-electron chi connectivity index (χ0n) is 17.3. The van der Waals surface area contributed by atoms with E-state index < -0.39 is 0 Å². The van der Waals surface area contributed by atoms with Crippen LogP contribution in [0.3, 0.4) is 0 Å². The molecule has 31 heavy (non-hydrogen) atoms. The molecule has 3 aromatic rings. The van der Waals surface area contributed by atoms with Crippen molar-refractivity contribution in [3.63, 3.8) is 0 Å². The molecule has 0 aliphatic carbocycles. The van der Waals surface area contributed by atoms with Crippen LogP contribution in [-0.4, -0.2) is 35.6 Å². The maximum absolute atomic E-state index is 12.0. The first kappa shape index (κ1) is 22.5. The second-order valence-corrected chi connectivity index (χ2v) is 7.79. The monoisotopic (exact) mass is 486 g/mol. The van der Waals surface area contributed by atoms with Crippen molar-refractivity contribution in [2.24, 2.45) is 0 Å². The number of carbonyl (C=O) groups is 2. The van der Waals surface area contributed by atoms with E-state index in [2.05, 4.69) is 36.7 Å². The van der Waals surface area contributed by atoms with Gasteiger partial charge in [0, 0.05) is 28.6 Å². The Morgan fingerprint density at radius 2 is 1.90 bits per heavy atom. The van der Waals surface area contributed by atoms with E-state index in [1.54, 1.807) is 7.11 Å². The Morgan fingerprint density at radius 3 is 2.61 bits per heavy atom. The Bertz CT molecular complexity index is 1050. The van der Waals surface area contributed by atoms with Gasteiger partial charge in [-0.05, 0) is 61.4 Å². The number of hydrogen-bond donors (Lipinski definition) is 2. The van der Waals surface area contributed by atoms with Crippen LogP contribution < -0.4 is 15.4 Å². The molecule has 0 saturated heterocycles. The normalized spacial score (nSPS) is 10.5. The minimum absolute atomic E-state index is 0.0868. The predicted molar refractivity (Wildman–Crippen MR) is 120 cm³/mol. The second kappa shape index (κ2) is 10.7. The van der Waals surface area contributed by atoms with E-state index in [0.717, 1.165) is 21.3 Å². The van der Waals surface area contributed by atoms with Crippen LogP contribution in [-0.2, 0) is 16.0 Å². The fourth-order valence-electron chi connectivity index (χ4n) is 2.84. The third-order valence-corrected chi connectivity index (χ3v) is 5.01. The van der Waals surface area contributed by atoms with Crippen LogP contribution in [0.5, 0.6) is 5.75 Å². The summed E-state index contributed by atoms with van der Waals surface area (Å²) in [4.78, 5) is 28.4. The summed E-state index contributed by atoms with van der Waals surface area (Å²) in [5.74, 6) is 1.21. The molecule has 0 aliphatic heterocycles. The minimum atomic E-state index is -0.278. The molecule has 8 nitrogen and oxygen atoms in total. The van der Waals surface area contributed by atoms with Gasteiger partial charge < -0.3 is 19.9 Å². The van der Waals surface area contributed by atoms with Gasteiger partial charge in [-0.3, -0.25) is 9.59 Å². The fraction of sp³-hybridized carbons (Fsp3) is 0.273. The van der Waals surface area contributed by atoms with Gasteiger partial charge in [0.15, 0.2) is 0 Å². The van der Waals surface area contributed by atoms with Gasteiger partial charge in [0.05, 0.1) is 13.7 Å². The van der Waals surface area contributed by atoms with Crippen molar-refractivity contribution in [1.29, 1.82) is 0 Å². The number of methoxy groups -OCH3 is 1. The molecule has 0 fully saturated rings. The summed E-state index contributed by atoms with van der Waals surface area (Å²) in [6.45, 7) is 1.81. The molecular formula is C22H23BrN4O4. The average Bonchev–Trinajstić information content (AvgIpc) is 3.23. The van der Waals surface area contributed by atoms with Gasteiger partial charge in [0.1, 0.15) is 5.75 Å². The highest BCUT2D eigenvalue weighted by Crippen LogP contribution is 2.21. The minimum Gasteiger partial charge on any atom is -0.497 e. The van der Waals surface area contributed by atoms with E-state index in [0.29, 0.717) is 30.2 Å². The molecule has 0 radical (unpaired) electrons. The van der Waals surface area contributed by atoms with Crippen LogP contribution in [0.15, 0.2) is 51.5 Å². The lowest BCUT2D eigenvalue weighted by atomic mass is 10.2. The summed E-state index contributed by atoms with van der Waals surface area (Å²) in [6.07, 6.45) is 1.26. The molecule has 9 heteroatoms. The largest absolute Gasteiger partial charge is 0.497 e. The average molecular weight is 487 g/mol. The molecule has 0 aliphatic rings.